The molecule has 136 valence electrons. The molecule has 1 atom stereocenters. The topological polar surface area (TPSA) is 50.8 Å². The fourth-order valence-corrected chi connectivity index (χ4v) is 3.73. The fourth-order valence-electron chi connectivity index (χ4n) is 3.73. The molecule has 0 radical (unpaired) electrons. The third kappa shape index (κ3) is 3.68. The van der Waals surface area contributed by atoms with Crippen LogP contribution in [0.2, 0.25) is 0 Å². The number of benzene rings is 2. The van der Waals surface area contributed by atoms with Crippen molar-refractivity contribution in [3.8, 4) is 11.5 Å². The molecule has 0 aliphatic carbocycles. The summed E-state index contributed by atoms with van der Waals surface area (Å²) in [5.41, 5.74) is 1.86. The Morgan fingerprint density at radius 3 is 2.85 bits per heavy atom. The maximum absolute atomic E-state index is 12.6. The molecule has 1 N–H and O–H groups in total. The SMILES string of the molecule is O=C(NCC1CCCCN1Cc1ccccc1)c1cccc2c1OCO2. The molecule has 2 aromatic rings. The maximum atomic E-state index is 12.6. The van der Waals surface area contributed by atoms with Crippen LogP contribution < -0.4 is 14.8 Å². The Bertz CT molecular complexity index is 763. The van der Waals surface area contributed by atoms with Gasteiger partial charge in [-0.1, -0.05) is 42.8 Å². The van der Waals surface area contributed by atoms with E-state index in [0.29, 0.717) is 29.6 Å². The number of nitrogens with one attached hydrogen (secondary N) is 1. The second-order valence-corrected chi connectivity index (χ2v) is 6.86. The van der Waals surface area contributed by atoms with E-state index in [1.165, 1.54) is 18.4 Å². The minimum absolute atomic E-state index is 0.0995. The van der Waals surface area contributed by atoms with Gasteiger partial charge in [-0.25, -0.2) is 0 Å². The van der Waals surface area contributed by atoms with Crippen molar-refractivity contribution >= 4 is 5.91 Å². The van der Waals surface area contributed by atoms with Crippen LogP contribution in [0.5, 0.6) is 11.5 Å². The van der Waals surface area contributed by atoms with Gasteiger partial charge in [-0.2, -0.15) is 0 Å². The van der Waals surface area contributed by atoms with E-state index in [1.807, 2.05) is 18.2 Å². The van der Waals surface area contributed by atoms with Crippen LogP contribution in [0.15, 0.2) is 48.5 Å². The summed E-state index contributed by atoms with van der Waals surface area (Å²) in [6.07, 6.45) is 3.54. The number of fused-ring (bicyclic) bond motifs is 1. The van der Waals surface area contributed by atoms with Crippen molar-refractivity contribution in [3.63, 3.8) is 0 Å². The van der Waals surface area contributed by atoms with Gasteiger partial charge in [-0.15, -0.1) is 0 Å². The zero-order valence-electron chi connectivity index (χ0n) is 14.8. The summed E-state index contributed by atoms with van der Waals surface area (Å²) < 4.78 is 10.8. The number of hydrogen-bond acceptors (Lipinski definition) is 4. The van der Waals surface area contributed by atoms with E-state index in [2.05, 4.69) is 34.5 Å². The van der Waals surface area contributed by atoms with Gasteiger partial charge in [0.15, 0.2) is 11.5 Å². The maximum Gasteiger partial charge on any atom is 0.255 e. The van der Waals surface area contributed by atoms with Gasteiger partial charge in [0, 0.05) is 19.1 Å². The van der Waals surface area contributed by atoms with Gasteiger partial charge < -0.3 is 14.8 Å². The number of amides is 1. The number of rotatable bonds is 5. The molecule has 4 rings (SSSR count). The summed E-state index contributed by atoms with van der Waals surface area (Å²) in [5, 5.41) is 3.10. The number of likely N-dealkylation sites (tertiary alicyclic amines) is 1. The highest BCUT2D eigenvalue weighted by molar-refractivity contribution is 5.97. The van der Waals surface area contributed by atoms with E-state index in [-0.39, 0.29) is 12.7 Å². The summed E-state index contributed by atoms with van der Waals surface area (Å²) in [6.45, 7) is 2.83. The first-order valence-corrected chi connectivity index (χ1v) is 9.26. The largest absolute Gasteiger partial charge is 0.454 e. The van der Waals surface area contributed by atoms with Crippen LogP contribution in [0.4, 0.5) is 0 Å². The van der Waals surface area contributed by atoms with Crippen LogP contribution in [0.1, 0.15) is 35.2 Å². The molecule has 0 spiro atoms. The van der Waals surface area contributed by atoms with Crippen molar-refractivity contribution in [2.24, 2.45) is 0 Å². The Balaban J connectivity index is 1.39. The first kappa shape index (κ1) is 16.9. The predicted octanol–water partition coefficient (Wildman–Crippen LogP) is 3.20. The van der Waals surface area contributed by atoms with Gasteiger partial charge in [0.2, 0.25) is 6.79 Å². The van der Waals surface area contributed by atoms with Crippen molar-refractivity contribution in [1.29, 1.82) is 0 Å². The minimum atomic E-state index is -0.0995. The van der Waals surface area contributed by atoms with Crippen LogP contribution in [0.25, 0.3) is 0 Å². The molecule has 0 saturated carbocycles. The molecule has 0 aromatic heterocycles. The normalized spacial score (nSPS) is 19.3. The quantitative estimate of drug-likeness (QED) is 0.898. The second-order valence-electron chi connectivity index (χ2n) is 6.86. The molecule has 5 nitrogen and oxygen atoms in total. The minimum Gasteiger partial charge on any atom is -0.454 e. The Hall–Kier alpha value is -2.53. The Kier molecular flexibility index (Phi) is 5.07. The highest BCUT2D eigenvalue weighted by atomic mass is 16.7. The molecule has 1 amide bonds. The number of ether oxygens (including phenoxy) is 2. The third-order valence-corrected chi connectivity index (χ3v) is 5.12. The van der Waals surface area contributed by atoms with E-state index < -0.39 is 0 Å². The highest BCUT2D eigenvalue weighted by Crippen LogP contribution is 2.35. The molecule has 26 heavy (non-hydrogen) atoms. The molecule has 5 heteroatoms. The van der Waals surface area contributed by atoms with Gasteiger partial charge in [-0.05, 0) is 37.1 Å². The standard InChI is InChI=1S/C21H24N2O3/c24-21(18-10-6-11-19-20(18)26-15-25-19)22-13-17-9-4-5-12-23(17)14-16-7-2-1-3-8-16/h1-3,6-8,10-11,17H,4-5,9,12-15H2,(H,22,24). The van der Waals surface area contributed by atoms with Crippen LogP contribution in [0, 0.1) is 0 Å². The summed E-state index contributed by atoms with van der Waals surface area (Å²) in [5.74, 6) is 1.09. The first-order valence-electron chi connectivity index (χ1n) is 9.26. The van der Waals surface area contributed by atoms with Crippen LogP contribution in [0.3, 0.4) is 0 Å². The number of carbonyl (C=O) groups is 1. The summed E-state index contributed by atoms with van der Waals surface area (Å²) in [4.78, 5) is 15.1. The molecule has 2 aliphatic rings. The van der Waals surface area contributed by atoms with E-state index in [4.69, 9.17) is 9.47 Å². The summed E-state index contributed by atoms with van der Waals surface area (Å²) >= 11 is 0. The molecule has 0 bridgehead atoms. The highest BCUT2D eigenvalue weighted by Gasteiger charge is 2.25. The Morgan fingerprint density at radius 2 is 1.96 bits per heavy atom. The van der Waals surface area contributed by atoms with Crippen molar-refractivity contribution in [3.05, 3.63) is 59.7 Å². The van der Waals surface area contributed by atoms with Crippen molar-refractivity contribution in [2.75, 3.05) is 19.9 Å². The third-order valence-electron chi connectivity index (χ3n) is 5.12. The number of hydrogen-bond donors (Lipinski definition) is 1. The average molecular weight is 352 g/mol. The van der Waals surface area contributed by atoms with Crippen LogP contribution in [-0.4, -0.2) is 36.7 Å². The number of para-hydroxylation sites is 1. The van der Waals surface area contributed by atoms with E-state index in [0.717, 1.165) is 19.5 Å². The lowest BCUT2D eigenvalue weighted by molar-refractivity contribution is 0.0903. The summed E-state index contributed by atoms with van der Waals surface area (Å²) in [6, 6.07) is 16.3. The Morgan fingerprint density at radius 1 is 1.08 bits per heavy atom. The van der Waals surface area contributed by atoms with E-state index >= 15 is 0 Å². The molecular formula is C21H24N2O3. The lowest BCUT2D eigenvalue weighted by Gasteiger charge is -2.36. The average Bonchev–Trinajstić information content (AvgIpc) is 3.17. The monoisotopic (exact) mass is 352 g/mol. The van der Waals surface area contributed by atoms with Gasteiger partial charge in [0.1, 0.15) is 0 Å². The zero-order valence-corrected chi connectivity index (χ0v) is 14.8. The van der Waals surface area contributed by atoms with Crippen LogP contribution in [-0.2, 0) is 6.54 Å². The van der Waals surface area contributed by atoms with Gasteiger partial charge in [0.05, 0.1) is 5.56 Å². The molecule has 2 aromatic carbocycles. The zero-order chi connectivity index (χ0) is 17.8. The van der Waals surface area contributed by atoms with Crippen molar-refractivity contribution in [1.82, 2.24) is 10.2 Å². The van der Waals surface area contributed by atoms with Gasteiger partial charge >= 0.3 is 0 Å². The smallest absolute Gasteiger partial charge is 0.255 e. The Labute approximate surface area is 153 Å². The fraction of sp³-hybridized carbons (Fsp3) is 0.381. The molecule has 2 heterocycles. The van der Waals surface area contributed by atoms with Crippen molar-refractivity contribution < 1.29 is 14.3 Å². The van der Waals surface area contributed by atoms with Gasteiger partial charge in [0.25, 0.3) is 5.91 Å². The number of nitrogens with zero attached hydrogens (tertiary/aromatic N) is 1. The van der Waals surface area contributed by atoms with Crippen LogP contribution >= 0.6 is 0 Å². The second kappa shape index (κ2) is 7.79. The molecular weight excluding hydrogens is 328 g/mol. The molecule has 1 unspecified atom stereocenters. The first-order chi connectivity index (χ1) is 12.8. The predicted molar refractivity (Wildman–Crippen MR) is 99.4 cm³/mol. The number of carbonyl (C=O) groups excluding carboxylic acids is 1. The molecule has 1 saturated heterocycles. The molecule has 1 fully saturated rings. The lowest BCUT2D eigenvalue weighted by atomic mass is 10.0. The van der Waals surface area contributed by atoms with E-state index in [1.54, 1.807) is 6.07 Å². The van der Waals surface area contributed by atoms with Crippen molar-refractivity contribution in [2.45, 2.75) is 31.8 Å². The molecule has 2 aliphatic heterocycles. The number of piperidine rings is 1. The summed E-state index contributed by atoms with van der Waals surface area (Å²) in [7, 11) is 0. The van der Waals surface area contributed by atoms with E-state index in [9.17, 15) is 4.79 Å². The lowest BCUT2D eigenvalue weighted by Crippen LogP contribution is -2.46. The van der Waals surface area contributed by atoms with Gasteiger partial charge in [-0.3, -0.25) is 9.69 Å².